The number of rotatable bonds is 10. The molecule has 0 bridgehead atoms. The molecule has 0 aromatic heterocycles. The van der Waals surface area contributed by atoms with Gasteiger partial charge in [0.05, 0.1) is 13.2 Å². The third-order valence-corrected chi connectivity index (χ3v) is 6.43. The summed E-state index contributed by atoms with van der Waals surface area (Å²) in [6, 6.07) is 18.1. The lowest BCUT2D eigenvalue weighted by Gasteiger charge is -2.28. The van der Waals surface area contributed by atoms with Gasteiger partial charge in [-0.25, -0.2) is 0 Å². The standard InChI is InChI=1S/C29H38O/c1-3-5-7-9-24-10-14-26(15-11-24)28-18-20-29(21-19-28)27-16-12-25(13-17-27)23-30-22-8-6-4-2/h3-6,12-13,16-21,24,26H,7-11,14-15,22-23H2,1-2H3/b5-3+,6-4?. The molecule has 0 aliphatic heterocycles. The molecule has 2 aromatic carbocycles. The van der Waals surface area contributed by atoms with Gasteiger partial charge >= 0.3 is 0 Å². The molecule has 3 rings (SSSR count). The Morgan fingerprint density at radius 1 is 0.767 bits per heavy atom. The Hall–Kier alpha value is -2.12. The van der Waals surface area contributed by atoms with Gasteiger partial charge in [0.2, 0.25) is 0 Å². The summed E-state index contributed by atoms with van der Waals surface area (Å²) < 4.78 is 5.73. The first kappa shape index (κ1) is 22.6. The van der Waals surface area contributed by atoms with E-state index in [1.165, 1.54) is 60.8 Å². The third-order valence-electron chi connectivity index (χ3n) is 6.43. The summed E-state index contributed by atoms with van der Waals surface area (Å²) in [5.74, 6) is 1.68. The maximum Gasteiger partial charge on any atom is 0.0717 e. The van der Waals surface area contributed by atoms with E-state index in [4.69, 9.17) is 4.74 Å². The maximum atomic E-state index is 5.73. The third kappa shape index (κ3) is 6.99. The number of ether oxygens (including phenoxy) is 1. The van der Waals surface area contributed by atoms with Crippen LogP contribution in [0.1, 0.15) is 75.8 Å². The van der Waals surface area contributed by atoms with Crippen molar-refractivity contribution in [2.45, 2.75) is 71.3 Å². The van der Waals surface area contributed by atoms with Crippen molar-refractivity contribution in [3.63, 3.8) is 0 Å². The highest BCUT2D eigenvalue weighted by molar-refractivity contribution is 5.64. The first-order valence-electron chi connectivity index (χ1n) is 11.8. The zero-order valence-electron chi connectivity index (χ0n) is 18.9. The fourth-order valence-electron chi connectivity index (χ4n) is 4.53. The van der Waals surface area contributed by atoms with E-state index in [1.807, 2.05) is 6.92 Å². The highest BCUT2D eigenvalue weighted by Gasteiger charge is 2.21. The van der Waals surface area contributed by atoms with Gasteiger partial charge in [0.25, 0.3) is 0 Å². The Kier molecular flexibility index (Phi) is 9.44. The van der Waals surface area contributed by atoms with Crippen LogP contribution in [0.25, 0.3) is 11.1 Å². The molecule has 30 heavy (non-hydrogen) atoms. The molecule has 1 aliphatic carbocycles. The Labute approximate surface area is 183 Å². The van der Waals surface area contributed by atoms with Crippen LogP contribution in [0.3, 0.4) is 0 Å². The minimum atomic E-state index is 0.689. The monoisotopic (exact) mass is 402 g/mol. The molecule has 0 unspecified atom stereocenters. The molecule has 0 spiro atoms. The molecule has 1 heteroatoms. The van der Waals surface area contributed by atoms with Crippen LogP contribution in [-0.4, -0.2) is 6.61 Å². The van der Waals surface area contributed by atoms with Gasteiger partial charge in [-0.1, -0.05) is 72.8 Å². The molecular weight excluding hydrogens is 364 g/mol. The van der Waals surface area contributed by atoms with Gasteiger partial charge in [-0.3, -0.25) is 0 Å². The van der Waals surface area contributed by atoms with Crippen molar-refractivity contribution >= 4 is 0 Å². The van der Waals surface area contributed by atoms with Crippen LogP contribution < -0.4 is 0 Å². The average Bonchev–Trinajstić information content (AvgIpc) is 2.80. The highest BCUT2D eigenvalue weighted by atomic mass is 16.5. The van der Waals surface area contributed by atoms with E-state index >= 15 is 0 Å². The second-order valence-electron chi connectivity index (χ2n) is 8.59. The number of hydrogen-bond donors (Lipinski definition) is 0. The summed E-state index contributed by atoms with van der Waals surface area (Å²) in [6.07, 6.45) is 17.8. The van der Waals surface area contributed by atoms with Crippen LogP contribution in [0.5, 0.6) is 0 Å². The predicted molar refractivity (Wildman–Crippen MR) is 130 cm³/mol. The minimum absolute atomic E-state index is 0.689. The van der Waals surface area contributed by atoms with Crippen molar-refractivity contribution in [1.29, 1.82) is 0 Å². The smallest absolute Gasteiger partial charge is 0.0717 e. The van der Waals surface area contributed by atoms with Crippen molar-refractivity contribution in [3.05, 3.63) is 84.0 Å². The number of hydrogen-bond acceptors (Lipinski definition) is 1. The second-order valence-corrected chi connectivity index (χ2v) is 8.59. The topological polar surface area (TPSA) is 9.23 Å². The van der Waals surface area contributed by atoms with Crippen LogP contribution >= 0.6 is 0 Å². The van der Waals surface area contributed by atoms with E-state index in [2.05, 4.69) is 79.8 Å². The zero-order valence-corrected chi connectivity index (χ0v) is 18.9. The molecule has 1 aliphatic rings. The quantitative estimate of drug-likeness (QED) is 0.286. The normalized spacial score (nSPS) is 19.7. The van der Waals surface area contributed by atoms with Crippen molar-refractivity contribution in [2.24, 2.45) is 5.92 Å². The van der Waals surface area contributed by atoms with E-state index in [-0.39, 0.29) is 0 Å². The predicted octanol–water partition coefficient (Wildman–Crippen LogP) is 8.47. The van der Waals surface area contributed by atoms with Crippen LogP contribution in [0.4, 0.5) is 0 Å². The summed E-state index contributed by atoms with van der Waals surface area (Å²) in [6.45, 7) is 5.64. The Morgan fingerprint density at radius 2 is 1.37 bits per heavy atom. The van der Waals surface area contributed by atoms with E-state index in [0.29, 0.717) is 6.61 Å². The lowest BCUT2D eigenvalue weighted by Crippen LogP contribution is -2.13. The van der Waals surface area contributed by atoms with Crippen molar-refractivity contribution in [2.75, 3.05) is 6.61 Å². The lowest BCUT2D eigenvalue weighted by molar-refractivity contribution is 0.125. The summed E-state index contributed by atoms with van der Waals surface area (Å²) >= 11 is 0. The van der Waals surface area contributed by atoms with Gasteiger partial charge in [-0.05, 0) is 92.9 Å². The summed E-state index contributed by atoms with van der Waals surface area (Å²) in [5, 5.41) is 0. The minimum Gasteiger partial charge on any atom is -0.376 e. The highest BCUT2D eigenvalue weighted by Crippen LogP contribution is 2.38. The maximum absolute atomic E-state index is 5.73. The van der Waals surface area contributed by atoms with Crippen LogP contribution in [0.15, 0.2) is 72.8 Å². The molecule has 2 aromatic rings. The van der Waals surface area contributed by atoms with Crippen molar-refractivity contribution < 1.29 is 4.74 Å². The molecule has 1 fully saturated rings. The Balaban J connectivity index is 1.48. The fraction of sp³-hybridized carbons (Fsp3) is 0.448. The van der Waals surface area contributed by atoms with Crippen LogP contribution in [0.2, 0.25) is 0 Å². The molecule has 0 saturated heterocycles. The van der Waals surface area contributed by atoms with E-state index in [9.17, 15) is 0 Å². The first-order chi connectivity index (χ1) is 14.8. The molecular formula is C29H38O. The number of allylic oxidation sites excluding steroid dienone is 3. The largest absolute Gasteiger partial charge is 0.376 e. The summed E-state index contributed by atoms with van der Waals surface area (Å²) in [4.78, 5) is 0. The van der Waals surface area contributed by atoms with E-state index < -0.39 is 0 Å². The van der Waals surface area contributed by atoms with Crippen molar-refractivity contribution in [3.8, 4) is 11.1 Å². The summed E-state index contributed by atoms with van der Waals surface area (Å²) in [5.41, 5.74) is 5.35. The van der Waals surface area contributed by atoms with Gasteiger partial charge in [0.1, 0.15) is 0 Å². The molecule has 0 N–H and O–H groups in total. The van der Waals surface area contributed by atoms with Gasteiger partial charge in [0.15, 0.2) is 0 Å². The molecule has 0 atom stereocenters. The van der Waals surface area contributed by atoms with Crippen molar-refractivity contribution in [1.82, 2.24) is 0 Å². The number of benzene rings is 2. The van der Waals surface area contributed by atoms with Gasteiger partial charge in [-0.15, -0.1) is 0 Å². The Bertz CT molecular complexity index is 774. The van der Waals surface area contributed by atoms with Crippen LogP contribution in [-0.2, 0) is 11.3 Å². The lowest BCUT2D eigenvalue weighted by atomic mass is 9.77. The molecule has 1 saturated carbocycles. The van der Waals surface area contributed by atoms with E-state index in [0.717, 1.165) is 24.9 Å². The van der Waals surface area contributed by atoms with Gasteiger partial charge in [-0.2, -0.15) is 0 Å². The molecule has 1 nitrogen and oxygen atoms in total. The SMILES string of the molecule is CC=CCCOCc1ccc(-c2ccc(C3CCC(CC/C=C/C)CC3)cc2)cc1. The molecule has 160 valence electrons. The fourth-order valence-corrected chi connectivity index (χ4v) is 4.53. The first-order valence-corrected chi connectivity index (χ1v) is 11.8. The van der Waals surface area contributed by atoms with Gasteiger partial charge < -0.3 is 4.74 Å². The average molecular weight is 403 g/mol. The molecule has 0 heterocycles. The van der Waals surface area contributed by atoms with Gasteiger partial charge in [0, 0.05) is 0 Å². The summed E-state index contributed by atoms with van der Waals surface area (Å²) in [7, 11) is 0. The Morgan fingerprint density at radius 3 is 2.00 bits per heavy atom. The molecule has 0 radical (unpaired) electrons. The van der Waals surface area contributed by atoms with E-state index in [1.54, 1.807) is 0 Å². The molecule has 0 amide bonds. The zero-order chi connectivity index (χ0) is 21.0. The van der Waals surface area contributed by atoms with Crippen LogP contribution in [0, 0.1) is 5.92 Å². The second kappa shape index (κ2) is 12.5.